The predicted octanol–water partition coefficient (Wildman–Crippen LogP) is 5.64. The molecule has 0 bridgehead atoms. The molecule has 0 amide bonds. The molecule has 0 aromatic carbocycles. The van der Waals surface area contributed by atoms with Crippen molar-refractivity contribution in [2.75, 3.05) is 0 Å². The molecule has 0 aliphatic rings. The highest BCUT2D eigenvalue weighted by molar-refractivity contribution is 6.96. The smallest absolute Gasteiger partial charge is 0.475 e. The van der Waals surface area contributed by atoms with Gasteiger partial charge in [0.25, 0.3) is 0 Å². The summed E-state index contributed by atoms with van der Waals surface area (Å²) in [5.41, 5.74) is 1.94. The summed E-state index contributed by atoms with van der Waals surface area (Å²) in [4.78, 5) is 8.90. The largest absolute Gasteiger partial charge is 0.490 e. The first kappa shape index (κ1) is 22.3. The molecule has 8 heteroatoms. The van der Waals surface area contributed by atoms with Gasteiger partial charge in [-0.2, -0.15) is 13.2 Å². The molecule has 122 valence electrons. The van der Waals surface area contributed by atoms with Crippen molar-refractivity contribution < 1.29 is 23.1 Å². The average molecular weight is 355 g/mol. The van der Waals surface area contributed by atoms with Crippen LogP contribution in [0.1, 0.15) is 41.5 Å². The molecule has 20 heavy (non-hydrogen) atoms. The summed E-state index contributed by atoms with van der Waals surface area (Å²) in [5, 5.41) is 7.12. The lowest BCUT2D eigenvalue weighted by molar-refractivity contribution is -0.192. The summed E-state index contributed by atoms with van der Waals surface area (Å²) < 4.78 is 31.6. The quantitative estimate of drug-likeness (QED) is 0.523. The molecule has 1 N–H and O–H groups in total. The molecule has 0 saturated heterocycles. The van der Waals surface area contributed by atoms with Gasteiger partial charge in [-0.15, -0.1) is 23.2 Å². The highest BCUT2D eigenvalue weighted by Crippen LogP contribution is 2.46. The molecule has 0 atom stereocenters. The van der Waals surface area contributed by atoms with Crippen LogP contribution in [-0.2, 0) is 4.79 Å². The van der Waals surface area contributed by atoms with E-state index in [-0.39, 0.29) is 4.46 Å². The Balaban J connectivity index is 0. The van der Waals surface area contributed by atoms with Crippen LogP contribution < -0.4 is 0 Å². The van der Waals surface area contributed by atoms with Crippen LogP contribution in [-0.4, -0.2) is 29.8 Å². The molecule has 0 rings (SSSR count). The summed E-state index contributed by atoms with van der Waals surface area (Å²) in [6.45, 7) is 13.6. The molecule has 0 aliphatic heterocycles. The Hall–Kier alpha value is 0.0569. The van der Waals surface area contributed by atoms with Crippen LogP contribution in [0.25, 0.3) is 0 Å². The summed E-state index contributed by atoms with van der Waals surface area (Å²) in [7, 11) is -1.57. The second kappa shape index (κ2) is 8.49. The van der Waals surface area contributed by atoms with Gasteiger partial charge >= 0.3 is 12.1 Å². The molecule has 0 heterocycles. The molecular weight excluding hydrogens is 332 g/mol. The van der Waals surface area contributed by atoms with E-state index in [0.29, 0.717) is 16.6 Å². The van der Waals surface area contributed by atoms with Crippen molar-refractivity contribution in [1.29, 1.82) is 0 Å². The number of halogens is 5. The Morgan fingerprint density at radius 3 is 1.15 bits per heavy atom. The van der Waals surface area contributed by atoms with Gasteiger partial charge in [-0.3, -0.25) is 0 Å². The number of carbonyl (C=O) groups is 1. The van der Waals surface area contributed by atoms with Gasteiger partial charge in [0, 0.05) is 0 Å². The van der Waals surface area contributed by atoms with Gasteiger partial charge in [-0.1, -0.05) is 41.5 Å². The predicted molar refractivity (Wildman–Crippen MR) is 80.2 cm³/mol. The maximum atomic E-state index is 10.6. The van der Waals surface area contributed by atoms with Crippen molar-refractivity contribution in [3.05, 3.63) is 0 Å². The van der Waals surface area contributed by atoms with Gasteiger partial charge in [0.1, 0.15) is 8.07 Å². The Kier molecular flexibility index (Phi) is 9.48. The number of rotatable bonds is 4. The van der Waals surface area contributed by atoms with E-state index < -0.39 is 20.2 Å². The number of carboxylic acids is 1. The van der Waals surface area contributed by atoms with Gasteiger partial charge in [0.15, 0.2) is 0 Å². The fraction of sp³-hybridized carbons (Fsp3) is 0.917. The second-order valence-electron chi connectivity index (χ2n) is 5.57. The molecule has 0 spiro atoms. The maximum absolute atomic E-state index is 10.6. The van der Waals surface area contributed by atoms with Crippen molar-refractivity contribution in [2.45, 2.75) is 68.8 Å². The second-order valence-corrected chi connectivity index (χ2v) is 13.4. The van der Waals surface area contributed by atoms with Gasteiger partial charge in [-0.05, 0) is 16.6 Å². The Bertz CT molecular complexity index is 268. The minimum absolute atomic E-state index is 0.146. The SMILES string of the molecule is CC(C)[Si](C(C)C)(C(C)C)C(Cl)Cl.O=C(O)C(F)(F)F. The van der Waals surface area contributed by atoms with E-state index in [2.05, 4.69) is 41.5 Å². The van der Waals surface area contributed by atoms with E-state index in [4.69, 9.17) is 33.1 Å². The van der Waals surface area contributed by atoms with Gasteiger partial charge in [0.05, 0.1) is 4.46 Å². The molecule has 0 radical (unpaired) electrons. The highest BCUT2D eigenvalue weighted by atomic mass is 35.5. The lowest BCUT2D eigenvalue weighted by Gasteiger charge is -2.44. The van der Waals surface area contributed by atoms with E-state index in [9.17, 15) is 13.2 Å². The van der Waals surface area contributed by atoms with Crippen molar-refractivity contribution >= 4 is 37.2 Å². The number of aliphatic carboxylic acids is 1. The lowest BCUT2D eigenvalue weighted by Crippen LogP contribution is -2.50. The molecule has 2 nitrogen and oxygen atoms in total. The molecule has 0 saturated carbocycles. The Morgan fingerprint density at radius 2 is 1.15 bits per heavy atom. The molecule has 0 aliphatic carbocycles. The van der Waals surface area contributed by atoms with Crippen molar-refractivity contribution in [3.63, 3.8) is 0 Å². The third-order valence-electron chi connectivity index (χ3n) is 3.62. The summed E-state index contributed by atoms with van der Waals surface area (Å²) >= 11 is 12.4. The maximum Gasteiger partial charge on any atom is 0.490 e. The van der Waals surface area contributed by atoms with Gasteiger partial charge < -0.3 is 5.11 Å². The highest BCUT2D eigenvalue weighted by Gasteiger charge is 2.47. The lowest BCUT2D eigenvalue weighted by atomic mass is 10.5. The average Bonchev–Trinajstić information content (AvgIpc) is 2.14. The minimum atomic E-state index is -5.08. The van der Waals surface area contributed by atoms with Crippen molar-refractivity contribution in [1.82, 2.24) is 0 Å². The fourth-order valence-electron chi connectivity index (χ4n) is 2.76. The first-order valence-electron chi connectivity index (χ1n) is 6.30. The number of hydrogen-bond acceptors (Lipinski definition) is 1. The third-order valence-corrected chi connectivity index (χ3v) is 12.6. The molecular formula is C12H23Cl2F3O2Si. The molecule has 0 aromatic heterocycles. The van der Waals surface area contributed by atoms with E-state index in [0.717, 1.165) is 0 Å². The first-order valence-corrected chi connectivity index (χ1v) is 9.48. The topological polar surface area (TPSA) is 37.3 Å². The zero-order valence-corrected chi connectivity index (χ0v) is 15.1. The van der Waals surface area contributed by atoms with Gasteiger partial charge in [0.2, 0.25) is 0 Å². The van der Waals surface area contributed by atoms with Crippen molar-refractivity contribution in [3.8, 4) is 0 Å². The van der Waals surface area contributed by atoms with Gasteiger partial charge in [-0.25, -0.2) is 4.79 Å². The van der Waals surface area contributed by atoms with Crippen LogP contribution in [0.3, 0.4) is 0 Å². The van der Waals surface area contributed by atoms with E-state index >= 15 is 0 Å². The fourth-order valence-corrected chi connectivity index (χ4v) is 12.8. The summed E-state index contributed by atoms with van der Waals surface area (Å²) in [6.07, 6.45) is -5.08. The van der Waals surface area contributed by atoms with E-state index in [1.165, 1.54) is 0 Å². The molecule has 0 unspecified atom stereocenters. The first-order chi connectivity index (χ1) is 8.72. The molecule has 0 fully saturated rings. The third kappa shape index (κ3) is 5.82. The normalized spacial score (nSPS) is 12.9. The summed E-state index contributed by atoms with van der Waals surface area (Å²) in [6, 6.07) is 0. The number of carboxylic acid groups (broad SMARTS) is 1. The van der Waals surface area contributed by atoms with E-state index in [1.807, 2.05) is 0 Å². The van der Waals surface area contributed by atoms with Crippen LogP contribution in [0.4, 0.5) is 13.2 Å². The Labute approximate surface area is 129 Å². The van der Waals surface area contributed by atoms with E-state index in [1.54, 1.807) is 0 Å². The Morgan fingerprint density at radius 1 is 0.950 bits per heavy atom. The van der Waals surface area contributed by atoms with Crippen molar-refractivity contribution in [2.24, 2.45) is 0 Å². The zero-order chi connectivity index (χ0) is 16.9. The summed E-state index contributed by atoms with van der Waals surface area (Å²) in [5.74, 6) is -2.76. The minimum Gasteiger partial charge on any atom is -0.475 e. The zero-order valence-electron chi connectivity index (χ0n) is 12.6. The standard InChI is InChI=1S/C10H22Cl2Si.C2HF3O2/c1-7(2)13(8(3)4,9(5)6)10(11)12;3-2(4,5)1(6)7/h7-10H,1-6H3;(H,6,7). The number of alkyl halides is 5. The van der Waals surface area contributed by atoms with Crippen LogP contribution in [0.15, 0.2) is 0 Å². The van der Waals surface area contributed by atoms with Crippen LogP contribution >= 0.6 is 23.2 Å². The van der Waals surface area contributed by atoms with Crippen LogP contribution in [0.5, 0.6) is 0 Å². The van der Waals surface area contributed by atoms with Crippen LogP contribution in [0, 0.1) is 0 Å². The van der Waals surface area contributed by atoms with Crippen LogP contribution in [0.2, 0.25) is 16.6 Å². The molecule has 0 aromatic rings. The monoisotopic (exact) mass is 354 g/mol. The number of hydrogen-bond donors (Lipinski definition) is 1.